The normalized spacial score (nSPS) is 8.29. The fourth-order valence-electron chi connectivity index (χ4n) is 0.269. The first-order valence-corrected chi connectivity index (χ1v) is 2.45. The van der Waals surface area contributed by atoms with Crippen molar-refractivity contribution in [3.8, 4) is 0 Å². The van der Waals surface area contributed by atoms with Crippen LogP contribution in [0, 0.1) is 0 Å². The molecule has 1 amide bonds. The van der Waals surface area contributed by atoms with Gasteiger partial charge in [-0.1, -0.05) is 6.92 Å². The van der Waals surface area contributed by atoms with Crippen LogP contribution in [-0.2, 0) is 4.79 Å². The molecule has 0 bridgehead atoms. The molecule has 0 aromatic heterocycles. The summed E-state index contributed by atoms with van der Waals surface area (Å²) in [5, 5.41) is 3.60. The number of hydrogen-bond donors (Lipinski definition) is 0. The van der Waals surface area contributed by atoms with Crippen molar-refractivity contribution in [3.05, 3.63) is 0 Å². The second-order valence-corrected chi connectivity index (χ2v) is 1.40. The Hall–Kier alpha value is -0.530. The van der Waals surface area contributed by atoms with Gasteiger partial charge in [-0.15, -0.1) is 0 Å². The molecule has 0 aromatic carbocycles. The standard InChI is InChI=1S/C5H10NO/c1-3-4-6-5(2)7/h3-4H2,1-2H3. The summed E-state index contributed by atoms with van der Waals surface area (Å²) in [5.74, 6) is -0.0677. The third-order valence-electron chi connectivity index (χ3n) is 0.558. The zero-order valence-corrected chi connectivity index (χ0v) is 4.77. The molecule has 2 nitrogen and oxygen atoms in total. The summed E-state index contributed by atoms with van der Waals surface area (Å²) in [4.78, 5) is 10.0. The second-order valence-electron chi connectivity index (χ2n) is 1.40. The maximum Gasteiger partial charge on any atom is 0.238 e. The SMILES string of the molecule is CCC[N]C(C)=O. The fraction of sp³-hybridized carbons (Fsp3) is 0.800. The van der Waals surface area contributed by atoms with E-state index in [-0.39, 0.29) is 5.91 Å². The van der Waals surface area contributed by atoms with E-state index in [2.05, 4.69) is 5.32 Å². The van der Waals surface area contributed by atoms with Crippen molar-refractivity contribution in [3.63, 3.8) is 0 Å². The molecular formula is C5H10NO. The van der Waals surface area contributed by atoms with Gasteiger partial charge in [0, 0.05) is 13.5 Å². The van der Waals surface area contributed by atoms with Crippen LogP contribution in [0.2, 0.25) is 0 Å². The molecule has 41 valence electrons. The minimum atomic E-state index is -0.0677. The molecule has 2 heteroatoms. The largest absolute Gasteiger partial charge is 0.273 e. The van der Waals surface area contributed by atoms with Crippen LogP contribution in [0.1, 0.15) is 20.3 Å². The van der Waals surface area contributed by atoms with Crippen LogP contribution in [0.4, 0.5) is 0 Å². The average Bonchev–Trinajstić information content (AvgIpc) is 1.61. The summed E-state index contributed by atoms with van der Waals surface area (Å²) in [6.45, 7) is 4.14. The molecule has 0 spiro atoms. The first-order chi connectivity index (χ1) is 3.27. The Morgan fingerprint density at radius 3 is 2.43 bits per heavy atom. The molecule has 0 aliphatic rings. The van der Waals surface area contributed by atoms with Gasteiger partial charge in [-0.2, -0.15) is 0 Å². The third kappa shape index (κ3) is 5.47. The van der Waals surface area contributed by atoms with Crippen molar-refractivity contribution in [2.75, 3.05) is 6.54 Å². The predicted octanol–water partition coefficient (Wildman–Crippen LogP) is 0.547. The van der Waals surface area contributed by atoms with E-state index in [4.69, 9.17) is 0 Å². The van der Waals surface area contributed by atoms with Crippen molar-refractivity contribution >= 4 is 5.91 Å². The molecule has 0 saturated carbocycles. The van der Waals surface area contributed by atoms with Crippen molar-refractivity contribution in [2.24, 2.45) is 0 Å². The lowest BCUT2D eigenvalue weighted by atomic mass is 10.5. The highest BCUT2D eigenvalue weighted by atomic mass is 16.1. The average molecular weight is 100 g/mol. The minimum Gasteiger partial charge on any atom is -0.273 e. The lowest BCUT2D eigenvalue weighted by Gasteiger charge is -1.89. The van der Waals surface area contributed by atoms with Gasteiger partial charge < -0.3 is 0 Å². The van der Waals surface area contributed by atoms with Gasteiger partial charge in [0.1, 0.15) is 0 Å². The van der Waals surface area contributed by atoms with E-state index in [0.717, 1.165) is 6.42 Å². The molecule has 7 heavy (non-hydrogen) atoms. The van der Waals surface area contributed by atoms with Crippen molar-refractivity contribution in [2.45, 2.75) is 20.3 Å². The van der Waals surface area contributed by atoms with Gasteiger partial charge in [0.2, 0.25) is 5.91 Å². The molecular weight excluding hydrogens is 90.1 g/mol. The van der Waals surface area contributed by atoms with Gasteiger partial charge in [-0.3, -0.25) is 10.1 Å². The summed E-state index contributed by atoms with van der Waals surface area (Å²) in [5.41, 5.74) is 0. The number of hydrogen-bond acceptors (Lipinski definition) is 1. The summed E-state index contributed by atoms with van der Waals surface area (Å²) >= 11 is 0. The van der Waals surface area contributed by atoms with E-state index in [9.17, 15) is 4.79 Å². The maximum atomic E-state index is 10.0. The Morgan fingerprint density at radius 2 is 2.29 bits per heavy atom. The number of carbonyl (C=O) groups is 1. The lowest BCUT2D eigenvalue weighted by Crippen LogP contribution is -2.11. The molecule has 0 aromatic rings. The Bertz CT molecular complexity index is 61.1. The first-order valence-electron chi connectivity index (χ1n) is 2.45. The predicted molar refractivity (Wildman–Crippen MR) is 28.0 cm³/mol. The highest BCUT2D eigenvalue weighted by Crippen LogP contribution is 1.70. The van der Waals surface area contributed by atoms with E-state index >= 15 is 0 Å². The number of carbonyl (C=O) groups excluding carboxylic acids is 1. The molecule has 0 heterocycles. The van der Waals surface area contributed by atoms with Gasteiger partial charge in [0.05, 0.1) is 0 Å². The monoisotopic (exact) mass is 100 g/mol. The molecule has 0 N–H and O–H groups in total. The number of amides is 1. The van der Waals surface area contributed by atoms with E-state index < -0.39 is 0 Å². The maximum absolute atomic E-state index is 10.0. The van der Waals surface area contributed by atoms with E-state index in [1.807, 2.05) is 6.92 Å². The molecule has 0 aliphatic carbocycles. The fourth-order valence-corrected chi connectivity index (χ4v) is 0.269. The summed E-state index contributed by atoms with van der Waals surface area (Å²) in [6.07, 6.45) is 0.958. The van der Waals surface area contributed by atoms with E-state index in [0.29, 0.717) is 6.54 Å². The molecule has 0 atom stereocenters. The van der Waals surface area contributed by atoms with Gasteiger partial charge in [-0.05, 0) is 6.42 Å². The second kappa shape index (κ2) is 3.65. The van der Waals surface area contributed by atoms with Crippen LogP contribution in [0.3, 0.4) is 0 Å². The van der Waals surface area contributed by atoms with Gasteiger partial charge in [0.25, 0.3) is 0 Å². The molecule has 1 radical (unpaired) electrons. The molecule has 0 fully saturated rings. The van der Waals surface area contributed by atoms with Gasteiger partial charge in [-0.25, -0.2) is 0 Å². The van der Waals surface area contributed by atoms with Crippen LogP contribution in [0.5, 0.6) is 0 Å². The highest BCUT2D eigenvalue weighted by Gasteiger charge is 1.86. The third-order valence-corrected chi connectivity index (χ3v) is 0.558. The Balaban J connectivity index is 2.82. The summed E-state index contributed by atoms with van der Waals surface area (Å²) < 4.78 is 0. The van der Waals surface area contributed by atoms with Crippen LogP contribution in [-0.4, -0.2) is 12.5 Å². The van der Waals surface area contributed by atoms with E-state index in [1.54, 1.807) is 0 Å². The lowest BCUT2D eigenvalue weighted by molar-refractivity contribution is -0.119. The van der Waals surface area contributed by atoms with Gasteiger partial charge >= 0.3 is 0 Å². The quantitative estimate of drug-likeness (QED) is 0.498. The van der Waals surface area contributed by atoms with Crippen LogP contribution in [0.15, 0.2) is 0 Å². The van der Waals surface area contributed by atoms with Crippen LogP contribution < -0.4 is 5.32 Å². The topological polar surface area (TPSA) is 31.2 Å². The molecule has 0 aliphatic heterocycles. The summed E-state index contributed by atoms with van der Waals surface area (Å²) in [6, 6.07) is 0. The minimum absolute atomic E-state index is 0.0677. The Labute approximate surface area is 43.9 Å². The molecule has 0 unspecified atom stereocenters. The van der Waals surface area contributed by atoms with Crippen LogP contribution >= 0.6 is 0 Å². The zero-order chi connectivity index (χ0) is 5.70. The van der Waals surface area contributed by atoms with Crippen LogP contribution in [0.25, 0.3) is 0 Å². The van der Waals surface area contributed by atoms with Crippen molar-refractivity contribution in [1.29, 1.82) is 0 Å². The first kappa shape index (κ1) is 6.47. The summed E-state index contributed by atoms with van der Waals surface area (Å²) in [7, 11) is 0. The number of rotatable bonds is 2. The zero-order valence-electron chi connectivity index (χ0n) is 4.77. The molecule has 0 rings (SSSR count). The van der Waals surface area contributed by atoms with Crippen molar-refractivity contribution in [1.82, 2.24) is 5.32 Å². The Kier molecular flexibility index (Phi) is 3.38. The number of nitrogens with zero attached hydrogens (tertiary/aromatic N) is 1. The van der Waals surface area contributed by atoms with Crippen molar-refractivity contribution < 1.29 is 4.79 Å². The smallest absolute Gasteiger partial charge is 0.238 e. The van der Waals surface area contributed by atoms with Gasteiger partial charge in [0.15, 0.2) is 0 Å². The highest BCUT2D eigenvalue weighted by molar-refractivity contribution is 5.72. The molecule has 0 saturated heterocycles. The Morgan fingerprint density at radius 1 is 1.71 bits per heavy atom. The van der Waals surface area contributed by atoms with E-state index in [1.165, 1.54) is 6.92 Å².